The Kier molecular flexibility index (Phi) is 2.87. The average Bonchev–Trinajstić information content (AvgIpc) is 2.81. The summed E-state index contributed by atoms with van der Waals surface area (Å²) in [6.45, 7) is 1.36. The maximum Gasteiger partial charge on any atom is 0.135 e. The molecule has 1 aromatic heterocycles. The molecule has 1 unspecified atom stereocenters. The van der Waals surface area contributed by atoms with Crippen LogP contribution in [0, 0.1) is 0 Å². The van der Waals surface area contributed by atoms with Crippen LogP contribution in [0.5, 0.6) is 0 Å². The lowest BCUT2D eigenvalue weighted by Gasteiger charge is -2.24. The number of halogens is 1. The summed E-state index contributed by atoms with van der Waals surface area (Å²) in [5, 5.41) is 0. The van der Waals surface area contributed by atoms with Gasteiger partial charge >= 0.3 is 0 Å². The molecule has 0 aliphatic carbocycles. The molecule has 0 fully saturated rings. The van der Waals surface area contributed by atoms with E-state index in [4.69, 9.17) is 16.3 Å². The number of aromatic nitrogens is 2. The second-order valence-electron chi connectivity index (χ2n) is 4.14. The van der Waals surface area contributed by atoms with Crippen molar-refractivity contribution in [1.29, 1.82) is 0 Å². The highest BCUT2D eigenvalue weighted by Crippen LogP contribution is 2.26. The van der Waals surface area contributed by atoms with Crippen molar-refractivity contribution in [2.45, 2.75) is 25.1 Å². The number of imidazole rings is 1. The van der Waals surface area contributed by atoms with E-state index >= 15 is 0 Å². The van der Waals surface area contributed by atoms with Gasteiger partial charge < -0.3 is 9.30 Å². The minimum Gasteiger partial charge on any atom is -0.364 e. The number of ether oxygens (including phenoxy) is 1. The Bertz CT molecular complexity index is 509. The maximum absolute atomic E-state index is 5.82. The van der Waals surface area contributed by atoms with Gasteiger partial charge in [0.2, 0.25) is 0 Å². The molecule has 88 valence electrons. The van der Waals surface area contributed by atoms with E-state index < -0.39 is 0 Å². The van der Waals surface area contributed by atoms with Gasteiger partial charge in [0.05, 0.1) is 18.1 Å². The van der Waals surface area contributed by atoms with E-state index in [1.54, 1.807) is 0 Å². The lowest BCUT2D eigenvalue weighted by molar-refractivity contribution is 0.000487. The van der Waals surface area contributed by atoms with Gasteiger partial charge in [-0.25, -0.2) is 4.98 Å². The van der Waals surface area contributed by atoms with Crippen molar-refractivity contribution in [3.63, 3.8) is 0 Å². The molecule has 0 saturated heterocycles. The van der Waals surface area contributed by atoms with Gasteiger partial charge in [-0.05, 0) is 5.56 Å². The van der Waals surface area contributed by atoms with Crippen LogP contribution in [0.1, 0.15) is 23.2 Å². The molecule has 0 radical (unpaired) electrons. The molecule has 1 aliphatic rings. The highest BCUT2D eigenvalue weighted by Gasteiger charge is 2.21. The Morgan fingerprint density at radius 3 is 2.94 bits per heavy atom. The summed E-state index contributed by atoms with van der Waals surface area (Å²) in [7, 11) is 0. The van der Waals surface area contributed by atoms with Crippen LogP contribution >= 0.6 is 11.6 Å². The highest BCUT2D eigenvalue weighted by atomic mass is 35.5. The van der Waals surface area contributed by atoms with E-state index in [0.717, 1.165) is 18.1 Å². The Balaban J connectivity index is 1.85. The van der Waals surface area contributed by atoms with Crippen LogP contribution < -0.4 is 0 Å². The van der Waals surface area contributed by atoms with Crippen molar-refractivity contribution in [1.82, 2.24) is 9.55 Å². The lowest BCUT2D eigenvalue weighted by atomic mass is 10.1. The van der Waals surface area contributed by atoms with Crippen LogP contribution in [0.4, 0.5) is 0 Å². The van der Waals surface area contributed by atoms with Gasteiger partial charge in [-0.2, -0.15) is 0 Å². The average molecular weight is 249 g/mol. The molecule has 0 amide bonds. The molecule has 0 saturated carbocycles. The van der Waals surface area contributed by atoms with Crippen molar-refractivity contribution >= 4 is 11.6 Å². The highest BCUT2D eigenvalue weighted by molar-refractivity contribution is 6.16. The van der Waals surface area contributed by atoms with Crippen LogP contribution in [-0.2, 0) is 23.8 Å². The molecule has 0 spiro atoms. The number of rotatable bonds is 2. The van der Waals surface area contributed by atoms with Crippen LogP contribution in [0.2, 0.25) is 0 Å². The van der Waals surface area contributed by atoms with Crippen LogP contribution in [0.3, 0.4) is 0 Å². The first-order chi connectivity index (χ1) is 8.36. The van der Waals surface area contributed by atoms with Gasteiger partial charge in [0, 0.05) is 6.20 Å². The van der Waals surface area contributed by atoms with Gasteiger partial charge in [0.15, 0.2) is 0 Å². The Labute approximate surface area is 105 Å². The Morgan fingerprint density at radius 1 is 1.35 bits per heavy atom. The van der Waals surface area contributed by atoms with E-state index in [9.17, 15) is 0 Å². The number of fused-ring (bicyclic) bond motifs is 1. The molecular formula is C13H13ClN2O. The quantitative estimate of drug-likeness (QED) is 0.764. The molecule has 0 bridgehead atoms. The van der Waals surface area contributed by atoms with E-state index in [1.807, 2.05) is 24.4 Å². The number of alkyl halides is 1. The van der Waals surface area contributed by atoms with Crippen LogP contribution in [0.15, 0.2) is 36.5 Å². The normalized spacial score (nSPS) is 19.0. The molecule has 2 heterocycles. The van der Waals surface area contributed by atoms with Crippen LogP contribution in [0.25, 0.3) is 0 Å². The monoisotopic (exact) mass is 248 g/mol. The zero-order valence-electron chi connectivity index (χ0n) is 9.34. The summed E-state index contributed by atoms with van der Waals surface area (Å²) in [5.74, 6) is 1.42. The molecule has 1 aliphatic heterocycles. The summed E-state index contributed by atoms with van der Waals surface area (Å²) < 4.78 is 7.96. The van der Waals surface area contributed by atoms with E-state index in [1.165, 1.54) is 5.56 Å². The van der Waals surface area contributed by atoms with Crippen molar-refractivity contribution in [2.24, 2.45) is 0 Å². The number of hydrogen-bond donors (Lipinski definition) is 0. The van der Waals surface area contributed by atoms with Crippen molar-refractivity contribution < 1.29 is 4.74 Å². The smallest absolute Gasteiger partial charge is 0.135 e. The first-order valence-electron chi connectivity index (χ1n) is 5.64. The third-order valence-corrected chi connectivity index (χ3v) is 3.27. The molecule has 4 heteroatoms. The Morgan fingerprint density at radius 2 is 2.18 bits per heavy atom. The lowest BCUT2D eigenvalue weighted by Crippen LogP contribution is -2.20. The fraction of sp³-hybridized carbons (Fsp3) is 0.308. The van der Waals surface area contributed by atoms with Crippen LogP contribution in [-0.4, -0.2) is 9.55 Å². The van der Waals surface area contributed by atoms with Gasteiger partial charge in [-0.3, -0.25) is 0 Å². The first kappa shape index (κ1) is 10.8. The summed E-state index contributed by atoms with van der Waals surface area (Å²) in [5.41, 5.74) is 2.12. The second kappa shape index (κ2) is 4.51. The minimum absolute atomic E-state index is 0.112. The van der Waals surface area contributed by atoms with Gasteiger partial charge in [-0.1, -0.05) is 30.3 Å². The number of hydrogen-bond acceptors (Lipinski definition) is 2. The fourth-order valence-corrected chi connectivity index (χ4v) is 2.26. The molecule has 0 N–H and O–H groups in total. The summed E-state index contributed by atoms with van der Waals surface area (Å²) in [6, 6.07) is 10.3. The number of nitrogens with zero attached hydrogens (tertiary/aromatic N) is 2. The summed E-state index contributed by atoms with van der Waals surface area (Å²) in [4.78, 5) is 4.40. The predicted octanol–water partition coefficient (Wildman–Crippen LogP) is 2.89. The third-order valence-electron chi connectivity index (χ3n) is 2.99. The van der Waals surface area contributed by atoms with E-state index in [2.05, 4.69) is 21.7 Å². The minimum atomic E-state index is 0.112. The largest absolute Gasteiger partial charge is 0.364 e. The number of benzene rings is 1. The van der Waals surface area contributed by atoms with Gasteiger partial charge in [0.25, 0.3) is 0 Å². The molecule has 1 aromatic carbocycles. The molecule has 3 rings (SSSR count). The molecular weight excluding hydrogens is 236 g/mol. The fourth-order valence-electron chi connectivity index (χ4n) is 2.13. The molecule has 2 aromatic rings. The predicted molar refractivity (Wildman–Crippen MR) is 65.8 cm³/mol. The molecule has 3 nitrogen and oxygen atoms in total. The van der Waals surface area contributed by atoms with E-state index in [0.29, 0.717) is 12.5 Å². The zero-order valence-corrected chi connectivity index (χ0v) is 10.1. The Hall–Kier alpha value is -1.32. The van der Waals surface area contributed by atoms with Crippen molar-refractivity contribution in [2.75, 3.05) is 0 Å². The second-order valence-corrected chi connectivity index (χ2v) is 4.41. The van der Waals surface area contributed by atoms with Gasteiger partial charge in [0.1, 0.15) is 18.5 Å². The van der Waals surface area contributed by atoms with Gasteiger partial charge in [-0.15, -0.1) is 11.6 Å². The maximum atomic E-state index is 5.82. The summed E-state index contributed by atoms with van der Waals surface area (Å²) >= 11 is 5.78. The summed E-state index contributed by atoms with van der Waals surface area (Å²) in [6.07, 6.45) is 2.13. The van der Waals surface area contributed by atoms with E-state index in [-0.39, 0.29) is 6.10 Å². The van der Waals surface area contributed by atoms with Crippen molar-refractivity contribution in [3.8, 4) is 0 Å². The standard InChI is InChI=1S/C13H13ClN2O/c14-6-11-7-16-8-12(17-9-13(16)15-11)10-4-2-1-3-5-10/h1-5,7,12H,6,8-9H2. The molecule has 1 atom stereocenters. The van der Waals surface area contributed by atoms with Crippen molar-refractivity contribution in [3.05, 3.63) is 53.6 Å². The third kappa shape index (κ3) is 2.08. The zero-order chi connectivity index (χ0) is 11.7. The molecule has 17 heavy (non-hydrogen) atoms. The first-order valence-corrected chi connectivity index (χ1v) is 6.17. The topological polar surface area (TPSA) is 27.1 Å². The SMILES string of the molecule is ClCc1cn2c(n1)COC(c1ccccc1)C2.